The highest BCUT2D eigenvalue weighted by Gasteiger charge is 2.29. The first-order valence-corrected chi connectivity index (χ1v) is 12.6. The van der Waals surface area contributed by atoms with E-state index in [0.717, 1.165) is 0 Å². The molecule has 1 aliphatic rings. The van der Waals surface area contributed by atoms with Gasteiger partial charge in [-0.2, -0.15) is 0 Å². The number of nitrogens with one attached hydrogen (secondary N) is 1. The molecule has 2 heterocycles. The largest absolute Gasteiger partial charge is 0.383 e. The number of carbonyl (C=O) groups is 1. The summed E-state index contributed by atoms with van der Waals surface area (Å²) in [6.07, 6.45) is 0.555. The minimum absolute atomic E-state index is 0.00671. The predicted octanol–water partition coefficient (Wildman–Crippen LogP) is 1.62. The molecule has 1 saturated heterocycles. The molecule has 0 unspecified atom stereocenters. The molecular formula is C22H31N5O5S. The van der Waals surface area contributed by atoms with Gasteiger partial charge in [0.1, 0.15) is 5.82 Å². The van der Waals surface area contributed by atoms with Gasteiger partial charge in [-0.3, -0.25) is 23.4 Å². The molecule has 0 aliphatic carbocycles. The number of nitrogens with zero attached hydrogens (tertiary/aromatic N) is 3. The fourth-order valence-electron chi connectivity index (χ4n) is 3.88. The fraction of sp³-hybridized carbons (Fsp3) is 0.500. The zero-order valence-electron chi connectivity index (χ0n) is 19.4. The third-order valence-corrected chi connectivity index (χ3v) is 7.20. The van der Waals surface area contributed by atoms with Gasteiger partial charge in [0.15, 0.2) is 5.69 Å². The van der Waals surface area contributed by atoms with Crippen molar-refractivity contribution in [3.05, 3.63) is 50.7 Å². The number of rotatable bonds is 7. The molecule has 1 aromatic carbocycles. The number of nitrogens with two attached hydrogens (primary N) is 1. The first-order valence-electron chi connectivity index (χ1n) is 11.0. The first-order chi connectivity index (χ1) is 15.4. The number of H-pyrrole nitrogens is 1. The molecule has 2 aromatic rings. The van der Waals surface area contributed by atoms with Crippen LogP contribution in [-0.2, 0) is 16.6 Å². The Morgan fingerprint density at radius 2 is 1.76 bits per heavy atom. The molecule has 0 radical (unpaired) electrons. The first kappa shape index (κ1) is 24.6. The Morgan fingerprint density at radius 1 is 1.12 bits per heavy atom. The van der Waals surface area contributed by atoms with E-state index >= 15 is 0 Å². The summed E-state index contributed by atoms with van der Waals surface area (Å²) in [5.74, 6) is -0.332. The van der Waals surface area contributed by atoms with Gasteiger partial charge in [-0.05, 0) is 42.5 Å². The Balaban J connectivity index is 2.03. The maximum Gasteiger partial charge on any atom is 0.330 e. The van der Waals surface area contributed by atoms with E-state index in [1.165, 1.54) is 25.9 Å². The van der Waals surface area contributed by atoms with E-state index in [2.05, 4.69) is 4.98 Å². The van der Waals surface area contributed by atoms with Crippen LogP contribution in [0.2, 0.25) is 0 Å². The number of amides is 1. The number of aromatic nitrogens is 2. The van der Waals surface area contributed by atoms with Crippen molar-refractivity contribution in [1.82, 2.24) is 9.55 Å². The van der Waals surface area contributed by atoms with E-state index < -0.39 is 27.2 Å². The number of nitrogen functional groups attached to an aromatic ring is 1. The monoisotopic (exact) mass is 477 g/mol. The van der Waals surface area contributed by atoms with Crippen molar-refractivity contribution in [2.24, 2.45) is 11.8 Å². The topological polar surface area (TPSA) is 139 Å². The number of benzene rings is 1. The highest BCUT2D eigenvalue weighted by Crippen LogP contribution is 2.26. The Bertz CT molecular complexity index is 1250. The van der Waals surface area contributed by atoms with Gasteiger partial charge >= 0.3 is 5.69 Å². The Hall–Kier alpha value is -3.08. The van der Waals surface area contributed by atoms with Crippen molar-refractivity contribution >= 4 is 33.1 Å². The second-order valence-electron chi connectivity index (χ2n) is 9.10. The minimum atomic E-state index is -3.33. The Morgan fingerprint density at radius 3 is 2.27 bits per heavy atom. The van der Waals surface area contributed by atoms with Crippen molar-refractivity contribution in [3.8, 4) is 0 Å². The van der Waals surface area contributed by atoms with Crippen molar-refractivity contribution in [3.63, 3.8) is 0 Å². The number of carbonyl (C=O) groups excluding carboxylic acids is 1. The number of aromatic amines is 1. The van der Waals surface area contributed by atoms with Gasteiger partial charge in [0.2, 0.25) is 10.0 Å². The number of anilines is 3. The summed E-state index contributed by atoms with van der Waals surface area (Å²) in [6.45, 7) is 8.52. The summed E-state index contributed by atoms with van der Waals surface area (Å²) in [6, 6.07) is 6.23. The van der Waals surface area contributed by atoms with Crippen LogP contribution < -0.4 is 26.2 Å². The summed E-state index contributed by atoms with van der Waals surface area (Å²) in [5, 5.41) is 0. The van der Waals surface area contributed by atoms with Crippen LogP contribution in [-0.4, -0.2) is 42.7 Å². The minimum Gasteiger partial charge on any atom is -0.383 e. The van der Waals surface area contributed by atoms with Crippen LogP contribution in [0, 0.1) is 11.8 Å². The molecule has 3 rings (SSSR count). The third kappa shape index (κ3) is 5.13. The Kier molecular flexibility index (Phi) is 7.01. The summed E-state index contributed by atoms with van der Waals surface area (Å²) >= 11 is 0. The van der Waals surface area contributed by atoms with Crippen molar-refractivity contribution in [2.45, 2.75) is 40.7 Å². The summed E-state index contributed by atoms with van der Waals surface area (Å²) < 4.78 is 27.0. The van der Waals surface area contributed by atoms with Gasteiger partial charge in [-0.25, -0.2) is 13.2 Å². The molecule has 0 saturated carbocycles. The van der Waals surface area contributed by atoms with Gasteiger partial charge in [-0.15, -0.1) is 0 Å². The average Bonchev–Trinajstić information content (AvgIpc) is 3.08. The molecule has 180 valence electrons. The van der Waals surface area contributed by atoms with E-state index in [9.17, 15) is 22.8 Å². The van der Waals surface area contributed by atoms with Gasteiger partial charge in [-0.1, -0.05) is 27.7 Å². The summed E-state index contributed by atoms with van der Waals surface area (Å²) in [4.78, 5) is 42.1. The van der Waals surface area contributed by atoms with Crippen LogP contribution in [0.3, 0.4) is 0 Å². The lowest BCUT2D eigenvalue weighted by Gasteiger charge is -2.26. The number of sulfonamides is 1. The zero-order valence-corrected chi connectivity index (χ0v) is 20.2. The van der Waals surface area contributed by atoms with Crippen LogP contribution in [0.4, 0.5) is 17.2 Å². The highest BCUT2D eigenvalue weighted by molar-refractivity contribution is 7.93. The van der Waals surface area contributed by atoms with E-state index in [4.69, 9.17) is 5.73 Å². The number of hydrogen-bond acceptors (Lipinski definition) is 6. The smallest absolute Gasteiger partial charge is 0.330 e. The van der Waals surface area contributed by atoms with Gasteiger partial charge in [0.05, 0.1) is 11.4 Å². The van der Waals surface area contributed by atoms with Gasteiger partial charge in [0.25, 0.3) is 11.5 Å². The van der Waals surface area contributed by atoms with Crippen LogP contribution >= 0.6 is 0 Å². The van der Waals surface area contributed by atoms with Crippen LogP contribution in [0.1, 0.15) is 44.5 Å². The highest BCUT2D eigenvalue weighted by atomic mass is 32.2. The maximum absolute atomic E-state index is 13.5. The SMILES string of the molecule is CC(C)CN(C(=O)c1ccc(N2CCCS2(=O)=O)cc1)c1c(N)n(CC(C)C)c(=O)[nH]c1=O. The maximum atomic E-state index is 13.5. The third-order valence-electron chi connectivity index (χ3n) is 5.33. The van der Waals surface area contributed by atoms with E-state index in [1.807, 2.05) is 27.7 Å². The molecule has 0 bridgehead atoms. The van der Waals surface area contributed by atoms with Crippen molar-refractivity contribution in [1.29, 1.82) is 0 Å². The average molecular weight is 478 g/mol. The molecule has 0 spiro atoms. The zero-order chi connectivity index (χ0) is 24.5. The Labute approximate surface area is 193 Å². The number of hydrogen-bond donors (Lipinski definition) is 2. The van der Waals surface area contributed by atoms with Crippen molar-refractivity contribution in [2.75, 3.05) is 33.8 Å². The molecule has 1 aromatic heterocycles. The molecule has 1 amide bonds. The van der Waals surface area contributed by atoms with E-state index in [0.29, 0.717) is 18.7 Å². The van der Waals surface area contributed by atoms with Crippen molar-refractivity contribution < 1.29 is 13.2 Å². The molecule has 1 fully saturated rings. The second kappa shape index (κ2) is 9.42. The molecule has 33 heavy (non-hydrogen) atoms. The predicted molar refractivity (Wildman–Crippen MR) is 129 cm³/mol. The van der Waals surface area contributed by atoms with Crippen LogP contribution in [0.5, 0.6) is 0 Å². The van der Waals surface area contributed by atoms with E-state index in [1.54, 1.807) is 12.1 Å². The molecular weight excluding hydrogens is 446 g/mol. The normalized spacial score (nSPS) is 15.4. The standard InChI is InChI=1S/C22H31N5O5S/c1-14(2)12-25(18-19(23)26(13-15(3)4)22(30)24-20(18)28)21(29)16-6-8-17(9-7-16)27-10-5-11-33(27,31)32/h6-9,14-15H,5,10-13,23H2,1-4H3,(H,24,28,30). The summed E-state index contributed by atoms with van der Waals surface area (Å²) in [7, 11) is -3.33. The summed E-state index contributed by atoms with van der Waals surface area (Å²) in [5.41, 5.74) is 5.58. The molecule has 11 heteroatoms. The lowest BCUT2D eigenvalue weighted by molar-refractivity contribution is 0.0983. The van der Waals surface area contributed by atoms with Gasteiger partial charge < -0.3 is 10.6 Å². The van der Waals surface area contributed by atoms with Crippen LogP contribution in [0.15, 0.2) is 33.9 Å². The molecule has 0 atom stereocenters. The van der Waals surface area contributed by atoms with Gasteiger partial charge in [0, 0.05) is 25.2 Å². The quantitative estimate of drug-likeness (QED) is 0.621. The lowest BCUT2D eigenvalue weighted by atomic mass is 10.1. The van der Waals surface area contributed by atoms with E-state index in [-0.39, 0.29) is 47.7 Å². The van der Waals surface area contributed by atoms with Crippen LogP contribution in [0.25, 0.3) is 0 Å². The molecule has 10 nitrogen and oxygen atoms in total. The lowest BCUT2D eigenvalue weighted by Crippen LogP contribution is -2.43. The molecule has 3 N–H and O–H groups in total. The second-order valence-corrected chi connectivity index (χ2v) is 11.1. The fourth-order valence-corrected chi connectivity index (χ4v) is 5.45. The molecule has 1 aliphatic heterocycles.